The van der Waals surface area contributed by atoms with Crippen LogP contribution in [0.5, 0.6) is 0 Å². The Balaban J connectivity index is 4.45. The molecule has 0 bridgehead atoms. The average Bonchev–Trinajstić information content (AvgIpc) is 2.15. The quantitative estimate of drug-likeness (QED) is 0.526. The monoisotopic (exact) mass is 179 g/mol. The number of hydrogen-bond donors (Lipinski definition) is 3. The minimum atomic E-state index is -1.67. The number of hydrogen-bond acceptors (Lipinski definition) is 3. The van der Waals surface area contributed by atoms with Crippen LogP contribution in [-0.2, 0) is 0 Å². The summed E-state index contributed by atoms with van der Waals surface area (Å²) in [6.07, 6.45) is -1.02. The van der Waals surface area contributed by atoms with Crippen molar-refractivity contribution in [1.82, 2.24) is 5.32 Å². The Hall–Kier alpha value is -0.120. The number of rotatable bonds is 7. The summed E-state index contributed by atoms with van der Waals surface area (Å²) in [5.41, 5.74) is 10.7. The van der Waals surface area contributed by atoms with E-state index in [0.717, 1.165) is 0 Å². The first-order chi connectivity index (χ1) is 6.87. The van der Waals surface area contributed by atoms with Crippen molar-refractivity contribution in [3.63, 3.8) is 0 Å². The molecule has 12 heavy (non-hydrogen) atoms. The van der Waals surface area contributed by atoms with Crippen LogP contribution in [0.1, 0.15) is 30.8 Å². The molecule has 0 aliphatic rings. The van der Waals surface area contributed by atoms with Crippen LogP contribution in [0.3, 0.4) is 0 Å². The van der Waals surface area contributed by atoms with Crippen LogP contribution in [-0.4, -0.2) is 25.7 Å². The second kappa shape index (κ2) is 7.53. The Morgan fingerprint density at radius 3 is 2.58 bits per heavy atom. The average molecular weight is 179 g/mol. The van der Waals surface area contributed by atoms with Crippen LogP contribution in [0.25, 0.3) is 0 Å². The highest BCUT2D eigenvalue weighted by atomic mass is 14.9. The molecule has 0 aliphatic heterocycles. The van der Waals surface area contributed by atoms with Gasteiger partial charge in [-0.25, -0.2) is 0 Å². The fraction of sp³-hybridized carbons (Fsp3) is 1.00. The third-order valence-electron chi connectivity index (χ3n) is 1.96. The fourth-order valence-electron chi connectivity index (χ4n) is 1.19. The molecule has 0 amide bonds. The largest absolute Gasteiger partial charge is 0.330 e. The van der Waals surface area contributed by atoms with Crippen LogP contribution in [0.15, 0.2) is 0 Å². The highest BCUT2D eigenvalue weighted by Crippen LogP contribution is 2.11. The van der Waals surface area contributed by atoms with Gasteiger partial charge in [-0.3, -0.25) is 0 Å². The molecule has 0 saturated heterocycles. The van der Waals surface area contributed by atoms with Gasteiger partial charge in [0.25, 0.3) is 0 Å². The van der Waals surface area contributed by atoms with Crippen LogP contribution in [0.4, 0.5) is 0 Å². The molecule has 0 saturated carbocycles. The van der Waals surface area contributed by atoms with Gasteiger partial charge in [0.15, 0.2) is 0 Å². The molecule has 0 aromatic rings. The van der Waals surface area contributed by atoms with Gasteiger partial charge in [0, 0.05) is 23.2 Å². The highest BCUT2D eigenvalue weighted by Gasteiger charge is 2.12. The maximum absolute atomic E-state index is 7.79. The lowest BCUT2D eigenvalue weighted by Crippen LogP contribution is -2.37. The standard InChI is InChI=1S/C9H23N3/c1-3-9(4-5-10)8(2)12-7-6-11/h8-9,12H,3-7,10-11H2,1-2H3/i4T2,5T. The van der Waals surface area contributed by atoms with E-state index in [2.05, 4.69) is 5.32 Å². The Kier molecular flexibility index (Phi) is 4.58. The summed E-state index contributed by atoms with van der Waals surface area (Å²) in [7, 11) is 0. The number of nitrogens with two attached hydrogens (primary N) is 2. The predicted octanol–water partition coefficient (Wildman–Crippen LogP) is 0.298. The lowest BCUT2D eigenvalue weighted by atomic mass is 9.95. The molecule has 3 unspecified atom stereocenters. The molecule has 0 radical (unpaired) electrons. The van der Waals surface area contributed by atoms with Gasteiger partial charge >= 0.3 is 0 Å². The lowest BCUT2D eigenvalue weighted by Gasteiger charge is -2.23. The Bertz CT molecular complexity index is 176. The molecule has 3 heteroatoms. The van der Waals surface area contributed by atoms with Crippen molar-refractivity contribution >= 4 is 0 Å². The number of nitrogens with one attached hydrogen (secondary N) is 1. The summed E-state index contributed by atoms with van der Waals surface area (Å²) in [4.78, 5) is 0. The normalized spacial score (nSPS) is 23.5. The molecule has 3 nitrogen and oxygen atoms in total. The summed E-state index contributed by atoms with van der Waals surface area (Å²) in [6, 6.07) is -0.0232. The first-order valence-electron chi connectivity index (χ1n) is 6.06. The first kappa shape index (κ1) is 7.30. The molecule has 0 aliphatic carbocycles. The van der Waals surface area contributed by atoms with Gasteiger partial charge in [-0.15, -0.1) is 0 Å². The van der Waals surface area contributed by atoms with Gasteiger partial charge < -0.3 is 16.8 Å². The molecule has 3 atom stereocenters. The topological polar surface area (TPSA) is 64.1 Å². The zero-order valence-corrected chi connectivity index (χ0v) is 8.01. The Labute approximate surface area is 80.1 Å². The van der Waals surface area contributed by atoms with E-state index in [-0.39, 0.29) is 12.0 Å². The van der Waals surface area contributed by atoms with Crippen molar-refractivity contribution in [2.75, 3.05) is 19.6 Å². The van der Waals surface area contributed by atoms with Gasteiger partial charge in [0.05, 0.1) is 0 Å². The van der Waals surface area contributed by atoms with E-state index in [1.54, 1.807) is 0 Å². The van der Waals surface area contributed by atoms with Crippen molar-refractivity contribution < 1.29 is 4.11 Å². The molecule has 0 heterocycles. The summed E-state index contributed by atoms with van der Waals surface area (Å²) >= 11 is 0. The summed E-state index contributed by atoms with van der Waals surface area (Å²) in [5, 5.41) is 3.14. The SMILES string of the molecule is [3H]C(N)C([3H])([3H])C(CC)C(C)NCCN. The minimum Gasteiger partial charge on any atom is -0.330 e. The molecular weight excluding hydrogens is 150 g/mol. The molecule has 0 aromatic heterocycles. The van der Waals surface area contributed by atoms with E-state index in [1.807, 2.05) is 13.8 Å². The smallest absolute Gasteiger partial charge is 0.0426 e. The van der Waals surface area contributed by atoms with Crippen molar-refractivity contribution in [1.29, 1.82) is 0 Å². The van der Waals surface area contributed by atoms with E-state index in [1.165, 1.54) is 0 Å². The maximum Gasteiger partial charge on any atom is 0.0426 e. The summed E-state index contributed by atoms with van der Waals surface area (Å²) in [6.45, 7) is 3.79. The van der Waals surface area contributed by atoms with Crippen LogP contribution < -0.4 is 16.8 Å². The third kappa shape index (κ3) is 4.70. The lowest BCUT2D eigenvalue weighted by molar-refractivity contribution is 0.350. The van der Waals surface area contributed by atoms with E-state index in [0.29, 0.717) is 19.5 Å². The van der Waals surface area contributed by atoms with Crippen molar-refractivity contribution in [3.8, 4) is 0 Å². The van der Waals surface area contributed by atoms with Crippen LogP contribution in [0, 0.1) is 5.92 Å². The van der Waals surface area contributed by atoms with E-state index in [4.69, 9.17) is 15.6 Å². The van der Waals surface area contributed by atoms with E-state index in [9.17, 15) is 0 Å². The van der Waals surface area contributed by atoms with Crippen molar-refractivity contribution in [2.45, 2.75) is 32.7 Å². The Morgan fingerprint density at radius 2 is 2.17 bits per heavy atom. The first-order valence-corrected chi connectivity index (χ1v) is 4.49. The second-order valence-electron chi connectivity index (χ2n) is 2.88. The molecule has 5 N–H and O–H groups in total. The molecule has 0 rings (SSSR count). The summed E-state index contributed by atoms with van der Waals surface area (Å²) < 4.78 is 22.9. The van der Waals surface area contributed by atoms with E-state index < -0.39 is 12.9 Å². The minimum absolute atomic E-state index is 0.0232. The van der Waals surface area contributed by atoms with Crippen molar-refractivity contribution in [3.05, 3.63) is 0 Å². The predicted molar refractivity (Wildman–Crippen MR) is 54.0 cm³/mol. The van der Waals surface area contributed by atoms with E-state index >= 15 is 0 Å². The van der Waals surface area contributed by atoms with Crippen LogP contribution in [0.2, 0.25) is 0 Å². The zero-order chi connectivity index (χ0) is 12.1. The van der Waals surface area contributed by atoms with Crippen molar-refractivity contribution in [2.24, 2.45) is 17.4 Å². The van der Waals surface area contributed by atoms with Gasteiger partial charge in [-0.1, -0.05) is 13.3 Å². The molecule has 74 valence electrons. The zero-order valence-electron chi connectivity index (χ0n) is 11.0. The third-order valence-corrected chi connectivity index (χ3v) is 1.96. The van der Waals surface area contributed by atoms with Gasteiger partial charge in [-0.2, -0.15) is 0 Å². The fourth-order valence-corrected chi connectivity index (χ4v) is 1.19. The Morgan fingerprint density at radius 1 is 1.50 bits per heavy atom. The van der Waals surface area contributed by atoms with Gasteiger partial charge in [0.1, 0.15) is 0 Å². The highest BCUT2D eigenvalue weighted by molar-refractivity contribution is 4.71. The second-order valence-corrected chi connectivity index (χ2v) is 2.88. The molecule has 0 fully saturated rings. The molecular formula is C9H23N3. The molecule has 0 spiro atoms. The maximum atomic E-state index is 7.79. The van der Waals surface area contributed by atoms with Crippen LogP contribution >= 0.6 is 0 Å². The summed E-state index contributed by atoms with van der Waals surface area (Å²) in [5.74, 6) is -0.267. The van der Waals surface area contributed by atoms with Gasteiger partial charge in [0.2, 0.25) is 0 Å². The van der Waals surface area contributed by atoms with Gasteiger partial charge in [-0.05, 0) is 25.7 Å². The molecule has 0 aromatic carbocycles.